The largest absolute Gasteiger partial charge is 0.428 e. The number of aromatic nitrogens is 4. The van der Waals surface area contributed by atoms with Gasteiger partial charge in [0.1, 0.15) is 17.1 Å². The molecule has 0 spiro atoms. The minimum absolute atomic E-state index is 0.0580. The third kappa shape index (κ3) is 4.24. The van der Waals surface area contributed by atoms with Gasteiger partial charge in [-0.1, -0.05) is 13.0 Å². The molecule has 0 fully saturated rings. The van der Waals surface area contributed by atoms with Gasteiger partial charge in [-0.05, 0) is 42.5 Å². The zero-order chi connectivity index (χ0) is 22.0. The molecule has 0 unspecified atom stereocenters. The first-order valence-electron chi connectivity index (χ1n) is 9.44. The number of rotatable bonds is 6. The van der Waals surface area contributed by atoms with Crippen molar-refractivity contribution < 1.29 is 17.6 Å². The molecule has 0 radical (unpaired) electrons. The maximum atomic E-state index is 12.9. The summed E-state index contributed by atoms with van der Waals surface area (Å²) in [5.41, 5.74) is 2.00. The van der Waals surface area contributed by atoms with Gasteiger partial charge in [0.25, 0.3) is 5.91 Å². The molecule has 10 heteroatoms. The van der Waals surface area contributed by atoms with E-state index in [9.17, 15) is 13.2 Å². The van der Waals surface area contributed by atoms with Crippen LogP contribution in [0.25, 0.3) is 17.1 Å². The molecular formula is C21H19N5O4S. The van der Waals surface area contributed by atoms with Gasteiger partial charge in [0.05, 0.1) is 22.5 Å². The van der Waals surface area contributed by atoms with Crippen LogP contribution in [-0.2, 0) is 16.3 Å². The van der Waals surface area contributed by atoms with Gasteiger partial charge in [0, 0.05) is 18.9 Å². The molecule has 9 nitrogen and oxygen atoms in total. The maximum absolute atomic E-state index is 12.9. The molecule has 1 amide bonds. The third-order valence-corrected chi connectivity index (χ3v) is 5.66. The van der Waals surface area contributed by atoms with Crippen LogP contribution in [0.5, 0.6) is 0 Å². The van der Waals surface area contributed by atoms with E-state index in [1.54, 1.807) is 24.4 Å². The Labute approximate surface area is 178 Å². The fourth-order valence-corrected chi connectivity index (χ4v) is 3.65. The summed E-state index contributed by atoms with van der Waals surface area (Å²) in [5, 5.41) is 6.83. The SMILES string of the molecule is CCc1oc(NC(=O)c2ccnn2-c2ccc(S(C)(=O)=O)cc2)nc1-c1ccccn1. The van der Waals surface area contributed by atoms with E-state index < -0.39 is 15.7 Å². The lowest BCUT2D eigenvalue weighted by atomic mass is 10.2. The molecule has 0 aliphatic carbocycles. The summed E-state index contributed by atoms with van der Waals surface area (Å²) >= 11 is 0. The van der Waals surface area contributed by atoms with E-state index in [4.69, 9.17) is 4.42 Å². The minimum atomic E-state index is -3.32. The van der Waals surface area contributed by atoms with Crippen LogP contribution in [0, 0.1) is 0 Å². The number of hydrogen-bond donors (Lipinski definition) is 1. The fraction of sp³-hybridized carbons (Fsp3) is 0.143. The average molecular weight is 437 g/mol. The Bertz CT molecular complexity index is 1330. The Morgan fingerprint density at radius 2 is 1.87 bits per heavy atom. The Kier molecular flexibility index (Phi) is 5.38. The number of amides is 1. The number of hydrogen-bond acceptors (Lipinski definition) is 7. The number of carbonyl (C=O) groups excluding carboxylic acids is 1. The van der Waals surface area contributed by atoms with Crippen LogP contribution in [0.4, 0.5) is 6.01 Å². The summed E-state index contributed by atoms with van der Waals surface area (Å²) in [7, 11) is -3.32. The van der Waals surface area contributed by atoms with E-state index in [0.717, 1.165) is 6.26 Å². The highest BCUT2D eigenvalue weighted by molar-refractivity contribution is 7.90. The van der Waals surface area contributed by atoms with Gasteiger partial charge in [-0.15, -0.1) is 0 Å². The van der Waals surface area contributed by atoms with Crippen molar-refractivity contribution in [2.75, 3.05) is 11.6 Å². The molecule has 0 atom stereocenters. The van der Waals surface area contributed by atoms with E-state index in [1.165, 1.54) is 23.0 Å². The second kappa shape index (κ2) is 8.15. The lowest BCUT2D eigenvalue weighted by Gasteiger charge is -2.07. The van der Waals surface area contributed by atoms with Gasteiger partial charge in [0.2, 0.25) is 0 Å². The average Bonchev–Trinajstić information content (AvgIpc) is 3.41. The second-order valence-corrected chi connectivity index (χ2v) is 8.72. The molecule has 4 rings (SSSR count). The first kappa shape index (κ1) is 20.5. The van der Waals surface area contributed by atoms with Gasteiger partial charge < -0.3 is 4.42 Å². The van der Waals surface area contributed by atoms with E-state index in [0.29, 0.717) is 29.3 Å². The quantitative estimate of drug-likeness (QED) is 0.492. The van der Waals surface area contributed by atoms with E-state index in [2.05, 4.69) is 20.4 Å². The normalized spacial score (nSPS) is 11.4. The first-order valence-corrected chi connectivity index (χ1v) is 11.3. The Morgan fingerprint density at radius 3 is 2.52 bits per heavy atom. The van der Waals surface area contributed by atoms with Crippen molar-refractivity contribution in [1.82, 2.24) is 19.7 Å². The number of pyridine rings is 1. The molecule has 158 valence electrons. The van der Waals surface area contributed by atoms with Crippen LogP contribution >= 0.6 is 0 Å². The van der Waals surface area contributed by atoms with Gasteiger partial charge in [-0.2, -0.15) is 10.1 Å². The van der Waals surface area contributed by atoms with Gasteiger partial charge in [-0.3, -0.25) is 15.1 Å². The summed E-state index contributed by atoms with van der Waals surface area (Å²) in [6, 6.07) is 13.2. The third-order valence-electron chi connectivity index (χ3n) is 4.53. The molecule has 0 aliphatic heterocycles. The summed E-state index contributed by atoms with van der Waals surface area (Å²) in [4.78, 5) is 21.7. The molecule has 0 saturated heterocycles. The number of anilines is 1. The molecule has 0 aliphatic rings. The number of benzene rings is 1. The number of sulfone groups is 1. The highest BCUT2D eigenvalue weighted by Gasteiger charge is 2.20. The van der Waals surface area contributed by atoms with E-state index >= 15 is 0 Å². The number of carbonyl (C=O) groups is 1. The van der Waals surface area contributed by atoms with Gasteiger partial charge in [0.15, 0.2) is 9.84 Å². The van der Waals surface area contributed by atoms with E-state index in [-0.39, 0.29) is 16.6 Å². The highest BCUT2D eigenvalue weighted by Crippen LogP contribution is 2.25. The van der Waals surface area contributed by atoms with Crippen LogP contribution in [0.15, 0.2) is 70.2 Å². The molecule has 31 heavy (non-hydrogen) atoms. The van der Waals surface area contributed by atoms with Crippen molar-refractivity contribution in [2.24, 2.45) is 0 Å². The number of aryl methyl sites for hydroxylation is 1. The van der Waals surface area contributed by atoms with Gasteiger partial charge in [-0.25, -0.2) is 13.1 Å². The van der Waals surface area contributed by atoms with Crippen molar-refractivity contribution >= 4 is 21.8 Å². The fourth-order valence-electron chi connectivity index (χ4n) is 3.02. The van der Waals surface area contributed by atoms with E-state index in [1.807, 2.05) is 25.1 Å². The lowest BCUT2D eigenvalue weighted by Crippen LogP contribution is -2.17. The van der Waals surface area contributed by atoms with Crippen molar-refractivity contribution in [3.8, 4) is 17.1 Å². The van der Waals surface area contributed by atoms with Crippen molar-refractivity contribution in [1.29, 1.82) is 0 Å². The molecule has 3 aromatic heterocycles. The zero-order valence-electron chi connectivity index (χ0n) is 16.8. The van der Waals surface area contributed by atoms with Crippen LogP contribution in [0.2, 0.25) is 0 Å². The van der Waals surface area contributed by atoms with Crippen LogP contribution in [0.1, 0.15) is 23.2 Å². The maximum Gasteiger partial charge on any atom is 0.302 e. The molecular weight excluding hydrogens is 418 g/mol. The van der Waals surface area contributed by atoms with Crippen LogP contribution in [-0.4, -0.2) is 40.3 Å². The number of nitrogens with zero attached hydrogens (tertiary/aromatic N) is 4. The predicted octanol–water partition coefficient (Wildman–Crippen LogP) is 3.14. The monoisotopic (exact) mass is 437 g/mol. The molecule has 0 bridgehead atoms. The van der Waals surface area contributed by atoms with Crippen molar-refractivity contribution in [3.63, 3.8) is 0 Å². The zero-order valence-corrected chi connectivity index (χ0v) is 17.6. The standard InChI is InChI=1S/C21H19N5O4S/c1-3-18-19(16-6-4-5-12-22-16)24-21(30-18)25-20(27)17-11-13-23-26(17)14-7-9-15(10-8-14)31(2,28)29/h4-13H,3H2,1-2H3,(H,24,25,27). The molecule has 4 aromatic rings. The van der Waals surface area contributed by atoms with Crippen LogP contribution in [0.3, 0.4) is 0 Å². The minimum Gasteiger partial charge on any atom is -0.428 e. The summed E-state index contributed by atoms with van der Waals surface area (Å²) in [6.45, 7) is 1.92. The van der Waals surface area contributed by atoms with Crippen molar-refractivity contribution in [3.05, 3.63) is 72.4 Å². The first-order chi connectivity index (χ1) is 14.9. The summed E-state index contributed by atoms with van der Waals surface area (Å²) < 4.78 is 30.4. The smallest absolute Gasteiger partial charge is 0.302 e. The molecule has 0 saturated carbocycles. The van der Waals surface area contributed by atoms with Crippen LogP contribution < -0.4 is 5.32 Å². The predicted molar refractivity (Wildman–Crippen MR) is 114 cm³/mol. The topological polar surface area (TPSA) is 120 Å². The Balaban J connectivity index is 1.60. The Hall–Kier alpha value is -3.79. The molecule has 1 N–H and O–H groups in total. The molecule has 1 aromatic carbocycles. The lowest BCUT2D eigenvalue weighted by molar-refractivity contribution is 0.101. The second-order valence-electron chi connectivity index (χ2n) is 6.71. The van der Waals surface area contributed by atoms with Gasteiger partial charge >= 0.3 is 6.01 Å². The highest BCUT2D eigenvalue weighted by atomic mass is 32.2. The summed E-state index contributed by atoms with van der Waals surface area (Å²) in [5.74, 6) is 0.139. The number of oxazole rings is 1. The Morgan fingerprint density at radius 1 is 1.10 bits per heavy atom. The van der Waals surface area contributed by atoms with Crippen molar-refractivity contribution in [2.45, 2.75) is 18.2 Å². The number of nitrogens with one attached hydrogen (secondary N) is 1. The molecule has 3 heterocycles. The summed E-state index contributed by atoms with van der Waals surface area (Å²) in [6.07, 6.45) is 4.86.